The molecule has 26 heavy (non-hydrogen) atoms. The number of anilines is 1. The van der Waals surface area contributed by atoms with Crippen LogP contribution in [0.1, 0.15) is 35.7 Å². The maximum absolute atomic E-state index is 13.0. The third kappa shape index (κ3) is 2.86. The molecule has 3 aromatic carbocycles. The first-order chi connectivity index (χ1) is 12.6. The summed E-state index contributed by atoms with van der Waals surface area (Å²) >= 11 is 0. The molecule has 1 aliphatic heterocycles. The van der Waals surface area contributed by atoms with Crippen LogP contribution in [-0.4, -0.2) is 12.0 Å². The number of hydrogen-bond donors (Lipinski definition) is 1. The summed E-state index contributed by atoms with van der Waals surface area (Å²) in [5, 5.41) is 3.07. The predicted octanol–water partition coefficient (Wildman–Crippen LogP) is 5.49. The van der Waals surface area contributed by atoms with E-state index in [0.29, 0.717) is 11.3 Å². The fourth-order valence-corrected chi connectivity index (χ4v) is 3.42. The minimum Gasteiger partial charge on any atom is -0.489 e. The van der Waals surface area contributed by atoms with Crippen LogP contribution in [0.3, 0.4) is 0 Å². The zero-order chi connectivity index (χ0) is 18.1. The number of rotatable bonds is 3. The van der Waals surface area contributed by atoms with Crippen molar-refractivity contribution in [1.82, 2.24) is 0 Å². The molecule has 2 atom stereocenters. The van der Waals surface area contributed by atoms with Crippen LogP contribution in [-0.2, 0) is 0 Å². The molecule has 1 N–H and O–H groups in total. The van der Waals surface area contributed by atoms with Crippen molar-refractivity contribution in [3.63, 3.8) is 0 Å². The van der Waals surface area contributed by atoms with Crippen molar-refractivity contribution in [3.05, 3.63) is 83.9 Å². The number of para-hydroxylation sites is 2. The van der Waals surface area contributed by atoms with Crippen molar-refractivity contribution in [3.8, 4) is 16.9 Å². The molecular formula is C23H21NO2. The largest absolute Gasteiger partial charge is 0.489 e. The van der Waals surface area contributed by atoms with E-state index in [1.165, 1.54) is 0 Å². The van der Waals surface area contributed by atoms with E-state index in [1.807, 2.05) is 79.7 Å². The third-order valence-corrected chi connectivity index (χ3v) is 5.05. The average molecular weight is 343 g/mol. The summed E-state index contributed by atoms with van der Waals surface area (Å²) in [6.45, 7) is 4.17. The molecule has 4 rings (SSSR count). The molecule has 0 radical (unpaired) electrons. The predicted molar refractivity (Wildman–Crippen MR) is 105 cm³/mol. The van der Waals surface area contributed by atoms with Gasteiger partial charge in [-0.2, -0.15) is 0 Å². The van der Waals surface area contributed by atoms with Gasteiger partial charge in [0.25, 0.3) is 5.91 Å². The Morgan fingerprint density at radius 2 is 1.62 bits per heavy atom. The topological polar surface area (TPSA) is 38.3 Å². The molecule has 0 aliphatic carbocycles. The van der Waals surface area contributed by atoms with Gasteiger partial charge in [0, 0.05) is 22.7 Å². The van der Waals surface area contributed by atoms with Gasteiger partial charge < -0.3 is 10.1 Å². The minimum absolute atomic E-state index is 0.0792. The fourth-order valence-electron chi connectivity index (χ4n) is 3.42. The molecular weight excluding hydrogens is 322 g/mol. The zero-order valence-corrected chi connectivity index (χ0v) is 14.9. The Morgan fingerprint density at radius 1 is 0.885 bits per heavy atom. The minimum atomic E-state index is -0.147. The summed E-state index contributed by atoms with van der Waals surface area (Å²) in [5.41, 5.74) is 4.54. The smallest absolute Gasteiger partial charge is 0.259 e. The van der Waals surface area contributed by atoms with E-state index in [1.54, 1.807) is 0 Å². The second-order valence-electron chi connectivity index (χ2n) is 6.70. The Kier molecular flexibility index (Phi) is 4.21. The molecule has 2 unspecified atom stereocenters. The van der Waals surface area contributed by atoms with Crippen LogP contribution in [0.5, 0.6) is 5.75 Å². The normalized spacial score (nSPS) is 18.1. The number of benzene rings is 3. The van der Waals surface area contributed by atoms with Crippen molar-refractivity contribution < 1.29 is 9.53 Å². The van der Waals surface area contributed by atoms with Crippen LogP contribution >= 0.6 is 0 Å². The highest BCUT2D eigenvalue weighted by atomic mass is 16.5. The van der Waals surface area contributed by atoms with Gasteiger partial charge in [-0.3, -0.25) is 4.79 Å². The molecule has 0 bridgehead atoms. The SMILES string of the molecule is CC1Oc2c(C(=O)Nc3ccccc3-c3ccccc3)cccc2C1C. The average Bonchev–Trinajstić information content (AvgIpc) is 2.97. The summed E-state index contributed by atoms with van der Waals surface area (Å²) in [6, 6.07) is 23.7. The molecule has 0 saturated carbocycles. The van der Waals surface area contributed by atoms with E-state index >= 15 is 0 Å². The first-order valence-electron chi connectivity index (χ1n) is 8.90. The first-order valence-corrected chi connectivity index (χ1v) is 8.90. The number of ether oxygens (including phenoxy) is 1. The van der Waals surface area contributed by atoms with Gasteiger partial charge in [-0.1, -0.05) is 67.6 Å². The highest BCUT2D eigenvalue weighted by Gasteiger charge is 2.31. The number of carbonyl (C=O) groups excluding carboxylic acids is 1. The molecule has 0 aromatic heterocycles. The molecule has 3 aromatic rings. The van der Waals surface area contributed by atoms with Gasteiger partial charge in [0.05, 0.1) is 5.56 Å². The van der Waals surface area contributed by atoms with Crippen molar-refractivity contribution >= 4 is 11.6 Å². The Bertz CT molecular complexity index is 949. The Morgan fingerprint density at radius 3 is 2.42 bits per heavy atom. The molecule has 130 valence electrons. The highest BCUT2D eigenvalue weighted by Crippen LogP contribution is 2.40. The van der Waals surface area contributed by atoms with E-state index in [2.05, 4.69) is 12.2 Å². The van der Waals surface area contributed by atoms with Gasteiger partial charge in [-0.25, -0.2) is 0 Å². The highest BCUT2D eigenvalue weighted by molar-refractivity contribution is 6.08. The van der Waals surface area contributed by atoms with Crippen molar-refractivity contribution in [2.24, 2.45) is 0 Å². The van der Waals surface area contributed by atoms with Crippen LogP contribution in [0.25, 0.3) is 11.1 Å². The molecule has 1 aliphatic rings. The standard InChI is InChI=1S/C23H21NO2/c1-15-16(2)26-22-18(15)12-8-13-20(22)23(25)24-21-14-7-6-11-19(21)17-9-4-3-5-10-17/h3-16H,1-2H3,(H,24,25). The van der Waals surface area contributed by atoms with Crippen LogP contribution < -0.4 is 10.1 Å². The number of carbonyl (C=O) groups is 1. The van der Waals surface area contributed by atoms with Gasteiger partial charge in [-0.15, -0.1) is 0 Å². The quantitative estimate of drug-likeness (QED) is 0.683. The number of nitrogens with one attached hydrogen (secondary N) is 1. The van der Waals surface area contributed by atoms with Gasteiger partial charge in [0.1, 0.15) is 11.9 Å². The van der Waals surface area contributed by atoms with E-state index in [9.17, 15) is 4.79 Å². The second kappa shape index (κ2) is 6.68. The maximum Gasteiger partial charge on any atom is 0.259 e. The zero-order valence-electron chi connectivity index (χ0n) is 14.9. The lowest BCUT2D eigenvalue weighted by atomic mass is 9.96. The van der Waals surface area contributed by atoms with E-state index < -0.39 is 0 Å². The third-order valence-electron chi connectivity index (χ3n) is 5.05. The van der Waals surface area contributed by atoms with Crippen molar-refractivity contribution in [1.29, 1.82) is 0 Å². The molecule has 3 heteroatoms. The van der Waals surface area contributed by atoms with E-state index in [4.69, 9.17) is 4.74 Å². The Balaban J connectivity index is 1.68. The number of hydrogen-bond acceptors (Lipinski definition) is 2. The van der Waals surface area contributed by atoms with Crippen molar-refractivity contribution in [2.75, 3.05) is 5.32 Å². The molecule has 1 heterocycles. The lowest BCUT2D eigenvalue weighted by Gasteiger charge is -2.13. The summed E-state index contributed by atoms with van der Waals surface area (Å²) < 4.78 is 5.96. The Hall–Kier alpha value is -3.07. The molecule has 0 fully saturated rings. The molecule has 3 nitrogen and oxygen atoms in total. The van der Waals surface area contributed by atoms with Gasteiger partial charge in [0.15, 0.2) is 0 Å². The Labute approximate surface area is 153 Å². The van der Waals surface area contributed by atoms with Crippen LogP contribution in [0.15, 0.2) is 72.8 Å². The molecule has 0 spiro atoms. The summed E-state index contributed by atoms with van der Waals surface area (Å²) in [7, 11) is 0. The number of amides is 1. The lowest BCUT2D eigenvalue weighted by Crippen LogP contribution is -2.15. The molecule has 0 saturated heterocycles. The second-order valence-corrected chi connectivity index (χ2v) is 6.70. The fraction of sp³-hybridized carbons (Fsp3) is 0.174. The summed E-state index contributed by atoms with van der Waals surface area (Å²) in [4.78, 5) is 13.0. The van der Waals surface area contributed by atoms with E-state index in [-0.39, 0.29) is 17.9 Å². The summed E-state index contributed by atoms with van der Waals surface area (Å²) in [6.07, 6.45) is 0.0792. The van der Waals surface area contributed by atoms with Gasteiger partial charge >= 0.3 is 0 Å². The number of fused-ring (bicyclic) bond motifs is 1. The summed E-state index contributed by atoms with van der Waals surface area (Å²) in [5.74, 6) is 0.850. The maximum atomic E-state index is 13.0. The van der Waals surface area contributed by atoms with E-state index in [0.717, 1.165) is 22.4 Å². The van der Waals surface area contributed by atoms with Crippen LogP contribution in [0.4, 0.5) is 5.69 Å². The first kappa shape index (κ1) is 16.4. The van der Waals surface area contributed by atoms with Crippen molar-refractivity contribution in [2.45, 2.75) is 25.9 Å². The van der Waals surface area contributed by atoms with Gasteiger partial charge in [0.2, 0.25) is 0 Å². The molecule has 1 amide bonds. The monoisotopic (exact) mass is 343 g/mol. The lowest BCUT2D eigenvalue weighted by molar-refractivity contribution is 0.102. The van der Waals surface area contributed by atoms with Gasteiger partial charge in [-0.05, 0) is 24.6 Å². The van der Waals surface area contributed by atoms with Crippen LogP contribution in [0.2, 0.25) is 0 Å². The van der Waals surface area contributed by atoms with Crippen LogP contribution in [0, 0.1) is 0 Å².